The van der Waals surface area contributed by atoms with Gasteiger partial charge < -0.3 is 14.2 Å². The fraction of sp³-hybridized carbons (Fsp3) is 0.421. The maximum absolute atomic E-state index is 5.80. The highest BCUT2D eigenvalue weighted by molar-refractivity contribution is 9.10. The summed E-state index contributed by atoms with van der Waals surface area (Å²) < 4.78 is 18.2. The van der Waals surface area contributed by atoms with E-state index in [0.717, 1.165) is 16.6 Å². The van der Waals surface area contributed by atoms with E-state index < -0.39 is 0 Å². The Bertz CT molecular complexity index is 594. The lowest BCUT2D eigenvalue weighted by Gasteiger charge is -2.16. The summed E-state index contributed by atoms with van der Waals surface area (Å²) in [6.07, 6.45) is 4.40. The van der Waals surface area contributed by atoms with E-state index in [9.17, 15) is 0 Å². The fourth-order valence-electron chi connectivity index (χ4n) is 2.11. The van der Waals surface area contributed by atoms with Crippen molar-refractivity contribution in [1.29, 1.82) is 0 Å². The van der Waals surface area contributed by atoms with E-state index in [1.54, 1.807) is 12.4 Å². The summed E-state index contributed by atoms with van der Waals surface area (Å²) in [6.45, 7) is 5.88. The van der Waals surface area contributed by atoms with Crippen LogP contribution in [0.3, 0.4) is 0 Å². The maximum atomic E-state index is 5.80. The van der Waals surface area contributed by atoms with E-state index in [0.29, 0.717) is 19.8 Å². The molecule has 130 valence electrons. The van der Waals surface area contributed by atoms with Crippen LogP contribution in [-0.4, -0.2) is 30.4 Å². The molecule has 1 aromatic carbocycles. The lowest BCUT2D eigenvalue weighted by atomic mass is 10.2. The molecule has 0 radical (unpaired) electrons. The number of hydrogen-bond donors (Lipinski definition) is 0. The minimum Gasteiger partial charge on any atom is -0.489 e. The van der Waals surface area contributed by atoms with Gasteiger partial charge in [-0.3, -0.25) is 4.98 Å². The topological polar surface area (TPSA) is 40.6 Å². The molecule has 4 nitrogen and oxygen atoms in total. The summed E-state index contributed by atoms with van der Waals surface area (Å²) >= 11 is 3.38. The van der Waals surface area contributed by atoms with Gasteiger partial charge in [0.1, 0.15) is 5.75 Å². The molecule has 0 spiro atoms. The Morgan fingerprint density at radius 2 is 1.88 bits per heavy atom. The van der Waals surface area contributed by atoms with Crippen LogP contribution in [0.15, 0.2) is 53.3 Å². The molecule has 1 heterocycles. The third kappa shape index (κ3) is 7.43. The third-order valence-corrected chi connectivity index (χ3v) is 3.85. The standard InChI is InChI=1S/C19H24BrNO3/c1-15(24-19-10-18(20)11-21-12-19)8-9-22-13-16(2)23-14-17-6-4-3-5-7-17/h3-7,10-12,15-16H,8-9,13-14H2,1-2H3. The summed E-state index contributed by atoms with van der Waals surface area (Å²) in [5.41, 5.74) is 1.18. The molecular weight excluding hydrogens is 370 g/mol. The van der Waals surface area contributed by atoms with Gasteiger partial charge in [-0.25, -0.2) is 0 Å². The van der Waals surface area contributed by atoms with Gasteiger partial charge in [-0.1, -0.05) is 30.3 Å². The quantitative estimate of drug-likeness (QED) is 0.552. The molecule has 5 heteroatoms. The first-order valence-corrected chi connectivity index (χ1v) is 8.93. The van der Waals surface area contributed by atoms with E-state index in [2.05, 4.69) is 33.0 Å². The summed E-state index contributed by atoms with van der Waals surface area (Å²) in [6, 6.07) is 12.1. The minimum atomic E-state index is 0.0655. The predicted octanol–water partition coefficient (Wildman–Crippen LogP) is 4.62. The molecule has 24 heavy (non-hydrogen) atoms. The second kappa shape index (κ2) is 10.4. The van der Waals surface area contributed by atoms with E-state index in [4.69, 9.17) is 14.2 Å². The molecule has 1 aromatic heterocycles. The van der Waals surface area contributed by atoms with Crippen molar-refractivity contribution in [2.24, 2.45) is 0 Å². The number of rotatable bonds is 10. The van der Waals surface area contributed by atoms with Crippen molar-refractivity contribution < 1.29 is 14.2 Å². The molecule has 2 rings (SSSR count). The summed E-state index contributed by atoms with van der Waals surface area (Å²) in [5.74, 6) is 0.761. The zero-order valence-corrected chi connectivity index (χ0v) is 15.7. The predicted molar refractivity (Wildman–Crippen MR) is 98.2 cm³/mol. The number of hydrogen-bond acceptors (Lipinski definition) is 4. The van der Waals surface area contributed by atoms with Gasteiger partial charge in [0.2, 0.25) is 0 Å². The first-order valence-electron chi connectivity index (χ1n) is 8.14. The highest BCUT2D eigenvalue weighted by atomic mass is 79.9. The number of aromatic nitrogens is 1. The Morgan fingerprint density at radius 1 is 1.08 bits per heavy atom. The first kappa shape index (κ1) is 18.9. The number of halogens is 1. The van der Waals surface area contributed by atoms with Gasteiger partial charge in [0.25, 0.3) is 0 Å². The van der Waals surface area contributed by atoms with E-state index in [1.807, 2.05) is 38.1 Å². The smallest absolute Gasteiger partial charge is 0.139 e. The van der Waals surface area contributed by atoms with Gasteiger partial charge >= 0.3 is 0 Å². The van der Waals surface area contributed by atoms with Crippen LogP contribution in [0.2, 0.25) is 0 Å². The van der Waals surface area contributed by atoms with Crippen LogP contribution in [0.5, 0.6) is 5.75 Å². The highest BCUT2D eigenvalue weighted by Gasteiger charge is 2.07. The zero-order chi connectivity index (χ0) is 17.2. The van der Waals surface area contributed by atoms with Crippen molar-refractivity contribution in [3.63, 3.8) is 0 Å². The van der Waals surface area contributed by atoms with Crippen LogP contribution in [-0.2, 0) is 16.1 Å². The van der Waals surface area contributed by atoms with Crippen LogP contribution < -0.4 is 4.74 Å². The van der Waals surface area contributed by atoms with Gasteiger partial charge in [0, 0.05) is 17.1 Å². The van der Waals surface area contributed by atoms with Crippen LogP contribution in [0, 0.1) is 0 Å². The van der Waals surface area contributed by atoms with E-state index in [-0.39, 0.29) is 12.2 Å². The lowest BCUT2D eigenvalue weighted by Crippen LogP contribution is -2.19. The van der Waals surface area contributed by atoms with Crippen molar-refractivity contribution in [1.82, 2.24) is 4.98 Å². The molecule has 0 saturated heterocycles. The SMILES string of the molecule is CC(COCCC(C)Oc1cncc(Br)c1)OCc1ccccc1. The average Bonchev–Trinajstić information content (AvgIpc) is 2.58. The number of benzene rings is 1. The zero-order valence-electron chi connectivity index (χ0n) is 14.2. The van der Waals surface area contributed by atoms with Gasteiger partial charge in [0.05, 0.1) is 38.2 Å². The fourth-order valence-corrected chi connectivity index (χ4v) is 2.45. The molecule has 0 fully saturated rings. The number of ether oxygens (including phenoxy) is 3. The van der Waals surface area contributed by atoms with Crippen LogP contribution in [0.1, 0.15) is 25.8 Å². The number of pyridine rings is 1. The molecule has 2 atom stereocenters. The van der Waals surface area contributed by atoms with Crippen molar-refractivity contribution in [3.05, 3.63) is 58.8 Å². The van der Waals surface area contributed by atoms with Crippen molar-refractivity contribution in [2.75, 3.05) is 13.2 Å². The summed E-state index contributed by atoms with van der Waals surface area (Å²) in [5, 5.41) is 0. The molecule has 0 aliphatic carbocycles. The van der Waals surface area contributed by atoms with Gasteiger partial charge in [0.15, 0.2) is 0 Å². The Kier molecular flexibility index (Phi) is 8.22. The average molecular weight is 394 g/mol. The van der Waals surface area contributed by atoms with E-state index >= 15 is 0 Å². The Labute approximate surface area is 152 Å². The second-order valence-corrected chi connectivity index (χ2v) is 6.65. The van der Waals surface area contributed by atoms with Crippen LogP contribution >= 0.6 is 15.9 Å². The largest absolute Gasteiger partial charge is 0.489 e. The van der Waals surface area contributed by atoms with Gasteiger partial charge in [-0.15, -0.1) is 0 Å². The third-order valence-electron chi connectivity index (χ3n) is 3.42. The molecule has 2 unspecified atom stereocenters. The molecular formula is C19H24BrNO3. The first-order chi connectivity index (χ1) is 11.6. The van der Waals surface area contributed by atoms with Crippen molar-refractivity contribution >= 4 is 15.9 Å². The van der Waals surface area contributed by atoms with Crippen LogP contribution in [0.25, 0.3) is 0 Å². The van der Waals surface area contributed by atoms with Gasteiger partial charge in [-0.2, -0.15) is 0 Å². The molecule has 0 aliphatic heterocycles. The maximum Gasteiger partial charge on any atom is 0.139 e. The molecule has 0 amide bonds. The van der Waals surface area contributed by atoms with Crippen LogP contribution in [0.4, 0.5) is 0 Å². The summed E-state index contributed by atoms with van der Waals surface area (Å²) in [7, 11) is 0. The minimum absolute atomic E-state index is 0.0655. The highest BCUT2D eigenvalue weighted by Crippen LogP contribution is 2.17. The van der Waals surface area contributed by atoms with Crippen molar-refractivity contribution in [3.8, 4) is 5.75 Å². The number of nitrogens with zero attached hydrogens (tertiary/aromatic N) is 1. The Balaban J connectivity index is 1.56. The molecule has 0 N–H and O–H groups in total. The molecule has 0 saturated carbocycles. The second-order valence-electron chi connectivity index (χ2n) is 5.74. The van der Waals surface area contributed by atoms with E-state index in [1.165, 1.54) is 5.56 Å². The monoisotopic (exact) mass is 393 g/mol. The Morgan fingerprint density at radius 3 is 2.62 bits per heavy atom. The van der Waals surface area contributed by atoms with Crippen molar-refractivity contribution in [2.45, 2.75) is 39.1 Å². The van der Waals surface area contributed by atoms with Gasteiger partial charge in [-0.05, 0) is 41.4 Å². The Hall–Kier alpha value is -1.43. The molecule has 0 bridgehead atoms. The molecule has 2 aromatic rings. The molecule has 0 aliphatic rings. The lowest BCUT2D eigenvalue weighted by molar-refractivity contribution is -0.0193. The summed E-state index contributed by atoms with van der Waals surface area (Å²) in [4.78, 5) is 4.08. The normalized spacial score (nSPS) is 13.5.